The Hall–Kier alpha value is -2.56. The first-order chi connectivity index (χ1) is 14.3. The zero-order chi connectivity index (χ0) is 21.6. The summed E-state index contributed by atoms with van der Waals surface area (Å²) in [7, 11) is 3.32. The largest absolute Gasteiger partial charge is 0.392 e. The third-order valence-electron chi connectivity index (χ3n) is 4.99. The maximum atomic E-state index is 15.5. The SMILES string of the molecule is CC1CN(c2c(CO)cc3c(-c4ncc(C(=O)N(C)C)s4)noc3c2F)CC(C)O1. The van der Waals surface area contributed by atoms with E-state index in [9.17, 15) is 9.90 Å². The molecule has 10 heteroatoms. The van der Waals surface area contributed by atoms with E-state index < -0.39 is 5.82 Å². The third kappa shape index (κ3) is 3.55. The number of amides is 1. The van der Waals surface area contributed by atoms with Gasteiger partial charge in [-0.15, -0.1) is 11.3 Å². The minimum atomic E-state index is -0.572. The molecule has 8 nitrogen and oxygen atoms in total. The van der Waals surface area contributed by atoms with E-state index in [0.717, 1.165) is 11.3 Å². The first-order valence-corrected chi connectivity index (χ1v) is 10.4. The van der Waals surface area contributed by atoms with Crippen LogP contribution in [0.15, 0.2) is 16.8 Å². The van der Waals surface area contributed by atoms with Crippen LogP contribution in [0.5, 0.6) is 0 Å². The number of hydrogen-bond donors (Lipinski definition) is 1. The van der Waals surface area contributed by atoms with Gasteiger partial charge in [-0.2, -0.15) is 0 Å². The number of aromatic nitrogens is 2. The molecule has 30 heavy (non-hydrogen) atoms. The molecule has 0 saturated carbocycles. The van der Waals surface area contributed by atoms with Gasteiger partial charge in [0.25, 0.3) is 5.91 Å². The molecule has 2 aromatic heterocycles. The highest BCUT2D eigenvalue weighted by atomic mass is 32.1. The molecule has 3 heterocycles. The number of fused-ring (bicyclic) bond motifs is 1. The molecule has 1 saturated heterocycles. The number of rotatable bonds is 4. The summed E-state index contributed by atoms with van der Waals surface area (Å²) in [6.07, 6.45) is 1.34. The number of aliphatic hydroxyl groups excluding tert-OH is 1. The van der Waals surface area contributed by atoms with Crippen LogP contribution in [0.2, 0.25) is 0 Å². The van der Waals surface area contributed by atoms with Gasteiger partial charge in [-0.1, -0.05) is 5.16 Å². The molecular weight excluding hydrogens is 411 g/mol. The lowest BCUT2D eigenvalue weighted by Crippen LogP contribution is -2.46. The van der Waals surface area contributed by atoms with Crippen molar-refractivity contribution in [1.29, 1.82) is 0 Å². The lowest BCUT2D eigenvalue weighted by Gasteiger charge is -2.37. The van der Waals surface area contributed by atoms with Gasteiger partial charge in [0.15, 0.2) is 11.5 Å². The predicted molar refractivity (Wildman–Crippen MR) is 111 cm³/mol. The second-order valence-corrected chi connectivity index (χ2v) is 8.69. The van der Waals surface area contributed by atoms with Crippen molar-refractivity contribution in [1.82, 2.24) is 15.0 Å². The van der Waals surface area contributed by atoms with E-state index in [-0.39, 0.29) is 30.3 Å². The van der Waals surface area contributed by atoms with Gasteiger partial charge in [-0.05, 0) is 19.9 Å². The maximum Gasteiger partial charge on any atom is 0.265 e. The molecule has 0 aliphatic carbocycles. The van der Waals surface area contributed by atoms with Crippen molar-refractivity contribution in [3.8, 4) is 10.7 Å². The minimum absolute atomic E-state index is 0.000293. The smallest absolute Gasteiger partial charge is 0.265 e. The topological polar surface area (TPSA) is 91.9 Å². The lowest BCUT2D eigenvalue weighted by molar-refractivity contribution is -0.00550. The van der Waals surface area contributed by atoms with Gasteiger partial charge in [0.1, 0.15) is 9.88 Å². The standard InChI is InChI=1S/C20H23FN4O4S/c1-10-7-25(8-11(2)28-10)17-12(9-26)5-13-16(23-29-18(13)15(17)21)19-22-6-14(30-19)20(27)24(3)4/h5-6,10-11,26H,7-9H2,1-4H3. The molecule has 2 atom stereocenters. The van der Waals surface area contributed by atoms with E-state index in [4.69, 9.17) is 9.26 Å². The van der Waals surface area contributed by atoms with Crippen LogP contribution in [0.25, 0.3) is 21.7 Å². The van der Waals surface area contributed by atoms with E-state index in [1.165, 1.54) is 11.1 Å². The maximum absolute atomic E-state index is 15.5. The Balaban J connectivity index is 1.79. The van der Waals surface area contributed by atoms with Gasteiger partial charge in [0, 0.05) is 32.7 Å². The first kappa shape index (κ1) is 20.7. The fourth-order valence-corrected chi connectivity index (χ4v) is 4.69. The van der Waals surface area contributed by atoms with Crippen molar-refractivity contribution in [2.75, 3.05) is 32.1 Å². The van der Waals surface area contributed by atoms with Gasteiger partial charge >= 0.3 is 0 Å². The summed E-state index contributed by atoms with van der Waals surface area (Å²) in [5, 5.41) is 14.8. The molecule has 2 unspecified atom stereocenters. The molecule has 1 aliphatic heterocycles. The van der Waals surface area contributed by atoms with Crippen LogP contribution in [0.1, 0.15) is 29.1 Å². The first-order valence-electron chi connectivity index (χ1n) is 9.60. The normalized spacial score (nSPS) is 19.5. The number of carbonyl (C=O) groups excluding carboxylic acids is 1. The molecule has 4 rings (SSSR count). The highest BCUT2D eigenvalue weighted by molar-refractivity contribution is 7.17. The van der Waals surface area contributed by atoms with Crippen molar-refractivity contribution < 1.29 is 23.6 Å². The Morgan fingerprint density at radius 3 is 2.70 bits per heavy atom. The summed E-state index contributed by atoms with van der Waals surface area (Å²) >= 11 is 1.16. The molecule has 1 aliphatic rings. The molecule has 0 spiro atoms. The molecule has 3 aromatic rings. The monoisotopic (exact) mass is 434 g/mol. The third-order valence-corrected chi connectivity index (χ3v) is 5.98. The molecular formula is C20H23FN4O4S. The Bertz CT molecular complexity index is 1090. The number of thiazole rings is 1. The highest BCUT2D eigenvalue weighted by Gasteiger charge is 2.30. The van der Waals surface area contributed by atoms with Crippen LogP contribution < -0.4 is 4.90 Å². The zero-order valence-electron chi connectivity index (χ0n) is 17.2. The lowest BCUT2D eigenvalue weighted by atomic mass is 10.1. The van der Waals surface area contributed by atoms with Crippen molar-refractivity contribution >= 4 is 33.9 Å². The Morgan fingerprint density at radius 2 is 2.07 bits per heavy atom. The average molecular weight is 434 g/mol. The van der Waals surface area contributed by atoms with E-state index >= 15 is 4.39 Å². The summed E-state index contributed by atoms with van der Waals surface area (Å²) in [6.45, 7) is 4.53. The van der Waals surface area contributed by atoms with Crippen LogP contribution >= 0.6 is 11.3 Å². The Kier molecular flexibility index (Phi) is 5.48. The van der Waals surface area contributed by atoms with Gasteiger partial charge in [0.05, 0.1) is 36.1 Å². The summed E-state index contributed by atoms with van der Waals surface area (Å²) in [5.74, 6) is -0.746. The molecule has 160 valence electrons. The van der Waals surface area contributed by atoms with Crippen LogP contribution in [-0.4, -0.2) is 65.4 Å². The summed E-state index contributed by atoms with van der Waals surface area (Å²) < 4.78 is 26.6. The van der Waals surface area contributed by atoms with E-state index in [1.54, 1.807) is 20.2 Å². The number of nitrogens with zero attached hydrogens (tertiary/aromatic N) is 4. The Morgan fingerprint density at radius 1 is 1.37 bits per heavy atom. The second kappa shape index (κ2) is 7.93. The molecule has 1 fully saturated rings. The van der Waals surface area contributed by atoms with Gasteiger partial charge < -0.3 is 24.2 Å². The second-order valence-electron chi connectivity index (χ2n) is 7.66. The quantitative estimate of drug-likeness (QED) is 0.675. The van der Waals surface area contributed by atoms with Crippen LogP contribution in [0.4, 0.5) is 10.1 Å². The van der Waals surface area contributed by atoms with Gasteiger partial charge in [-0.25, -0.2) is 9.37 Å². The highest BCUT2D eigenvalue weighted by Crippen LogP contribution is 2.38. The predicted octanol–water partition coefficient (Wildman–Crippen LogP) is 2.90. The van der Waals surface area contributed by atoms with E-state index in [1.807, 2.05) is 18.7 Å². The van der Waals surface area contributed by atoms with Crippen LogP contribution in [0, 0.1) is 5.82 Å². The summed E-state index contributed by atoms with van der Waals surface area (Å²) in [4.78, 5) is 20.2. The molecule has 1 N–H and O–H groups in total. The number of benzene rings is 1. The van der Waals surface area contributed by atoms with Crippen LogP contribution in [0.3, 0.4) is 0 Å². The zero-order valence-corrected chi connectivity index (χ0v) is 18.0. The van der Waals surface area contributed by atoms with Crippen molar-refractivity contribution in [2.24, 2.45) is 0 Å². The molecule has 0 radical (unpaired) electrons. The number of morpholine rings is 1. The minimum Gasteiger partial charge on any atom is -0.392 e. The summed E-state index contributed by atoms with van der Waals surface area (Å²) in [6, 6.07) is 1.68. The number of halogens is 1. The molecule has 1 amide bonds. The van der Waals surface area contributed by atoms with Crippen LogP contribution in [-0.2, 0) is 11.3 Å². The number of hydrogen-bond acceptors (Lipinski definition) is 8. The fraction of sp³-hybridized carbons (Fsp3) is 0.450. The molecule has 0 bridgehead atoms. The van der Waals surface area contributed by atoms with Crippen molar-refractivity contribution in [3.05, 3.63) is 28.5 Å². The summed E-state index contributed by atoms with van der Waals surface area (Å²) in [5.41, 5.74) is 1.08. The number of ether oxygens (including phenoxy) is 1. The average Bonchev–Trinajstić information content (AvgIpc) is 3.33. The fourth-order valence-electron chi connectivity index (χ4n) is 3.76. The Labute approximate surface area is 176 Å². The molecule has 1 aromatic carbocycles. The van der Waals surface area contributed by atoms with Crippen molar-refractivity contribution in [3.63, 3.8) is 0 Å². The van der Waals surface area contributed by atoms with E-state index in [2.05, 4.69) is 10.1 Å². The number of carbonyl (C=O) groups is 1. The van der Waals surface area contributed by atoms with Gasteiger partial charge in [0.2, 0.25) is 5.58 Å². The van der Waals surface area contributed by atoms with E-state index in [0.29, 0.717) is 45.3 Å². The number of anilines is 1. The number of aliphatic hydroxyl groups is 1. The van der Waals surface area contributed by atoms with Gasteiger partial charge in [-0.3, -0.25) is 4.79 Å². The van der Waals surface area contributed by atoms with Crippen molar-refractivity contribution in [2.45, 2.75) is 32.7 Å².